The van der Waals surface area contributed by atoms with E-state index in [1.165, 1.54) is 25.7 Å². The average Bonchev–Trinajstić information content (AvgIpc) is 3.25. The topological polar surface area (TPSA) is 42.0 Å². The van der Waals surface area contributed by atoms with Crippen molar-refractivity contribution in [3.8, 4) is 0 Å². The number of nitrogens with one attached hydrogen (secondary N) is 1. The zero-order valence-corrected chi connectivity index (χ0v) is 13.8. The van der Waals surface area contributed by atoms with Crippen molar-refractivity contribution >= 4 is 17.5 Å². The van der Waals surface area contributed by atoms with E-state index in [0.717, 1.165) is 18.2 Å². The van der Waals surface area contributed by atoms with E-state index in [1.807, 2.05) is 6.07 Å². The van der Waals surface area contributed by atoms with Gasteiger partial charge in [-0.25, -0.2) is 4.98 Å². The summed E-state index contributed by atoms with van der Waals surface area (Å²) in [5.74, 6) is 0.820. The van der Waals surface area contributed by atoms with Crippen LogP contribution in [0.4, 0.5) is 0 Å². The van der Waals surface area contributed by atoms with Gasteiger partial charge in [0.1, 0.15) is 5.15 Å². The van der Waals surface area contributed by atoms with Gasteiger partial charge in [-0.2, -0.15) is 0 Å². The number of nitrogens with zero attached hydrogens (tertiary/aromatic N) is 1. The van der Waals surface area contributed by atoms with Gasteiger partial charge >= 0.3 is 0 Å². The maximum Gasteiger partial charge on any atom is 0.251 e. The molecule has 0 radical (unpaired) electrons. The summed E-state index contributed by atoms with van der Waals surface area (Å²) >= 11 is 6.07. The van der Waals surface area contributed by atoms with Crippen molar-refractivity contribution in [1.29, 1.82) is 0 Å². The number of hydrogen-bond donors (Lipinski definition) is 1. The summed E-state index contributed by atoms with van der Waals surface area (Å²) in [6.07, 6.45) is 5.21. The van der Waals surface area contributed by atoms with E-state index in [-0.39, 0.29) is 11.3 Å². The van der Waals surface area contributed by atoms with E-state index < -0.39 is 0 Å². The van der Waals surface area contributed by atoms with Gasteiger partial charge < -0.3 is 5.32 Å². The number of amides is 1. The molecule has 0 aliphatic heterocycles. The van der Waals surface area contributed by atoms with Crippen molar-refractivity contribution in [2.24, 2.45) is 11.3 Å². The van der Waals surface area contributed by atoms with E-state index >= 15 is 0 Å². The van der Waals surface area contributed by atoms with Crippen molar-refractivity contribution in [3.05, 3.63) is 28.5 Å². The third-order valence-corrected chi connectivity index (χ3v) is 4.95. The third kappa shape index (κ3) is 3.23. The second kappa shape index (κ2) is 4.98. The summed E-state index contributed by atoms with van der Waals surface area (Å²) in [7, 11) is 0. The molecule has 4 heteroatoms. The number of rotatable bonds is 4. The van der Waals surface area contributed by atoms with Crippen LogP contribution in [0.1, 0.15) is 62.5 Å². The molecule has 21 heavy (non-hydrogen) atoms. The number of pyridine rings is 1. The quantitative estimate of drug-likeness (QED) is 0.856. The van der Waals surface area contributed by atoms with Crippen LogP contribution in [0.15, 0.2) is 12.1 Å². The Morgan fingerprint density at radius 1 is 1.38 bits per heavy atom. The summed E-state index contributed by atoms with van der Waals surface area (Å²) < 4.78 is 0. The molecule has 2 fully saturated rings. The maximum atomic E-state index is 12.4. The van der Waals surface area contributed by atoms with Gasteiger partial charge in [-0.15, -0.1) is 0 Å². The molecule has 0 atom stereocenters. The van der Waals surface area contributed by atoms with Crippen LogP contribution in [0.3, 0.4) is 0 Å². The highest BCUT2D eigenvalue weighted by Gasteiger charge is 2.53. The van der Waals surface area contributed by atoms with Crippen molar-refractivity contribution in [3.63, 3.8) is 0 Å². The zero-order chi connectivity index (χ0) is 15.3. The fourth-order valence-electron chi connectivity index (χ4n) is 2.96. The fraction of sp³-hybridized carbons (Fsp3) is 0.647. The highest BCUT2D eigenvalue weighted by Crippen LogP contribution is 2.60. The van der Waals surface area contributed by atoms with Crippen LogP contribution >= 0.6 is 11.6 Å². The minimum atomic E-state index is -0.119. The van der Waals surface area contributed by atoms with Crippen molar-refractivity contribution in [2.75, 3.05) is 6.54 Å². The van der Waals surface area contributed by atoms with Gasteiger partial charge in [0.25, 0.3) is 5.91 Å². The molecule has 1 heterocycles. The molecular formula is C17H23ClN2O. The van der Waals surface area contributed by atoms with Crippen LogP contribution in [0.5, 0.6) is 0 Å². The van der Waals surface area contributed by atoms with Crippen LogP contribution in [0.2, 0.25) is 5.15 Å². The lowest BCUT2D eigenvalue weighted by Gasteiger charge is -2.19. The van der Waals surface area contributed by atoms with E-state index in [9.17, 15) is 4.79 Å². The number of hydrogen-bond acceptors (Lipinski definition) is 2. The molecule has 1 amide bonds. The smallest absolute Gasteiger partial charge is 0.251 e. The standard InChI is InChI=1S/C17H23ClN2O/c1-16(2,3)13-8-11(9-14(18)20-13)15(21)19-10-17(6-7-17)12-4-5-12/h8-9,12H,4-7,10H2,1-3H3,(H,19,21). The molecule has 0 aromatic carbocycles. The van der Waals surface area contributed by atoms with E-state index in [1.54, 1.807) is 6.07 Å². The van der Waals surface area contributed by atoms with Crippen molar-refractivity contribution in [2.45, 2.75) is 51.9 Å². The lowest BCUT2D eigenvalue weighted by atomic mass is 9.91. The third-order valence-electron chi connectivity index (χ3n) is 4.76. The van der Waals surface area contributed by atoms with Gasteiger partial charge in [-0.05, 0) is 49.1 Å². The molecule has 0 unspecified atom stereocenters. The average molecular weight is 307 g/mol. The molecule has 0 saturated heterocycles. The molecule has 1 aromatic rings. The monoisotopic (exact) mass is 306 g/mol. The molecule has 3 nitrogen and oxygen atoms in total. The van der Waals surface area contributed by atoms with Gasteiger partial charge in [-0.1, -0.05) is 32.4 Å². The van der Waals surface area contributed by atoms with Crippen LogP contribution < -0.4 is 5.32 Å². The Hall–Kier alpha value is -1.09. The molecule has 2 aliphatic rings. The summed E-state index contributed by atoms with van der Waals surface area (Å²) in [4.78, 5) is 16.7. The largest absolute Gasteiger partial charge is 0.351 e. The molecule has 3 rings (SSSR count). The fourth-order valence-corrected chi connectivity index (χ4v) is 3.16. The number of halogens is 1. The number of carbonyl (C=O) groups excluding carboxylic acids is 1. The van der Waals surface area contributed by atoms with Gasteiger partial charge in [0.15, 0.2) is 0 Å². The predicted molar refractivity (Wildman–Crippen MR) is 84.7 cm³/mol. The molecule has 2 aliphatic carbocycles. The highest BCUT2D eigenvalue weighted by molar-refractivity contribution is 6.29. The predicted octanol–water partition coefficient (Wildman–Crippen LogP) is 3.95. The molecule has 1 N–H and O–H groups in total. The summed E-state index contributed by atoms with van der Waals surface area (Å²) in [6.45, 7) is 7.01. The van der Waals surface area contributed by atoms with Gasteiger partial charge in [-0.3, -0.25) is 4.79 Å². The Bertz CT molecular complexity index is 569. The van der Waals surface area contributed by atoms with Crippen LogP contribution in [0, 0.1) is 11.3 Å². The minimum absolute atomic E-state index is 0.0308. The summed E-state index contributed by atoms with van der Waals surface area (Å²) in [5, 5.41) is 3.49. The first-order chi connectivity index (χ1) is 9.80. The second-order valence-electron chi connectivity index (χ2n) is 7.63. The van der Waals surface area contributed by atoms with E-state index in [4.69, 9.17) is 11.6 Å². The lowest BCUT2D eigenvalue weighted by molar-refractivity contribution is 0.0942. The van der Waals surface area contributed by atoms with Crippen molar-refractivity contribution in [1.82, 2.24) is 10.3 Å². The first-order valence-corrected chi connectivity index (χ1v) is 8.14. The first kappa shape index (κ1) is 14.8. The van der Waals surface area contributed by atoms with Crippen LogP contribution in [0.25, 0.3) is 0 Å². The van der Waals surface area contributed by atoms with Crippen molar-refractivity contribution < 1.29 is 4.79 Å². The zero-order valence-electron chi connectivity index (χ0n) is 13.0. The normalized spacial score (nSPS) is 20.2. The van der Waals surface area contributed by atoms with E-state index in [2.05, 4.69) is 31.1 Å². The highest BCUT2D eigenvalue weighted by atomic mass is 35.5. The van der Waals surface area contributed by atoms with Gasteiger partial charge in [0, 0.05) is 23.2 Å². The number of aromatic nitrogens is 1. The number of carbonyl (C=O) groups is 1. The summed E-state index contributed by atoms with van der Waals surface area (Å²) in [5.41, 5.74) is 1.76. The summed E-state index contributed by atoms with van der Waals surface area (Å²) in [6, 6.07) is 3.51. The Labute approximate surface area is 131 Å². The molecule has 2 saturated carbocycles. The SMILES string of the molecule is CC(C)(C)c1cc(C(=O)NCC2(C3CC3)CC2)cc(Cl)n1. The lowest BCUT2D eigenvalue weighted by Crippen LogP contribution is -2.31. The van der Waals surface area contributed by atoms with Gasteiger partial charge in [0.05, 0.1) is 0 Å². The second-order valence-corrected chi connectivity index (χ2v) is 8.02. The Balaban J connectivity index is 1.70. The van der Waals surface area contributed by atoms with Crippen LogP contribution in [-0.4, -0.2) is 17.4 Å². The first-order valence-electron chi connectivity index (χ1n) is 7.76. The maximum absolute atomic E-state index is 12.4. The molecule has 0 bridgehead atoms. The van der Waals surface area contributed by atoms with Gasteiger partial charge in [0.2, 0.25) is 0 Å². The Morgan fingerprint density at radius 3 is 2.57 bits per heavy atom. The Kier molecular flexibility index (Phi) is 3.52. The minimum Gasteiger partial charge on any atom is -0.351 e. The van der Waals surface area contributed by atoms with E-state index in [0.29, 0.717) is 16.1 Å². The molecular weight excluding hydrogens is 284 g/mol. The molecule has 1 aromatic heterocycles. The molecule has 0 spiro atoms. The van der Waals surface area contributed by atoms with Crippen LogP contribution in [-0.2, 0) is 5.41 Å². The Morgan fingerprint density at radius 2 is 2.05 bits per heavy atom. The molecule has 114 valence electrons.